The lowest BCUT2D eigenvalue weighted by Crippen LogP contribution is -1.99. The fraction of sp³-hybridized carbons (Fsp3) is 0.750. The van der Waals surface area contributed by atoms with Gasteiger partial charge in [-0.2, -0.15) is 0 Å². The molecule has 68 valence electrons. The highest BCUT2D eigenvalue weighted by Gasteiger charge is 2.07. The predicted molar refractivity (Wildman–Crippen MR) is 52.0 cm³/mol. The lowest BCUT2D eigenvalue weighted by atomic mass is 10.3. The second-order valence-electron chi connectivity index (χ2n) is 2.80. The normalized spacial score (nSPS) is 10.6. The predicted octanol–water partition coefficient (Wildman–Crippen LogP) is 2.40. The number of hydrogen-bond donors (Lipinski definition) is 0. The topological polar surface area (TPSA) is 30.7 Å². The van der Waals surface area contributed by atoms with Crippen molar-refractivity contribution in [3.8, 4) is 0 Å². The highest BCUT2D eigenvalue weighted by Crippen LogP contribution is 2.15. The van der Waals surface area contributed by atoms with E-state index >= 15 is 0 Å². The highest BCUT2D eigenvalue weighted by atomic mass is 79.9. The molecule has 0 unspecified atom stereocenters. The van der Waals surface area contributed by atoms with Crippen LogP contribution < -0.4 is 0 Å². The minimum Gasteiger partial charge on any atom is -0.238 e. The van der Waals surface area contributed by atoms with Gasteiger partial charge in [-0.25, -0.2) is 4.68 Å². The summed E-state index contributed by atoms with van der Waals surface area (Å²) in [5.74, 6) is 0. The molecule has 0 fully saturated rings. The first-order chi connectivity index (χ1) is 5.79. The summed E-state index contributed by atoms with van der Waals surface area (Å²) in [4.78, 5) is 0. The maximum absolute atomic E-state index is 4.09. The first-order valence-electron chi connectivity index (χ1n) is 4.37. The van der Waals surface area contributed by atoms with E-state index in [4.69, 9.17) is 0 Å². The Morgan fingerprint density at radius 3 is 2.67 bits per heavy atom. The minimum atomic E-state index is 0.942. The lowest BCUT2D eigenvalue weighted by molar-refractivity contribution is 0.569. The van der Waals surface area contributed by atoms with Crippen LogP contribution in [0.5, 0.6) is 0 Å². The fourth-order valence-corrected chi connectivity index (χ4v) is 1.61. The van der Waals surface area contributed by atoms with Gasteiger partial charge in [-0.15, -0.1) is 5.10 Å². The number of halogens is 1. The summed E-state index contributed by atoms with van der Waals surface area (Å²) in [5.41, 5.74) is 1.07. The molecule has 0 radical (unpaired) electrons. The van der Waals surface area contributed by atoms with Gasteiger partial charge >= 0.3 is 0 Å². The molecule has 0 aliphatic rings. The Bertz CT molecular complexity index is 221. The Labute approximate surface area is 81.3 Å². The highest BCUT2D eigenvalue weighted by molar-refractivity contribution is 9.10. The molecule has 0 amide bonds. The molecule has 4 heteroatoms. The quantitative estimate of drug-likeness (QED) is 0.797. The third kappa shape index (κ3) is 2.06. The SMILES string of the molecule is CCCc1nnn(CCC)c1Br. The van der Waals surface area contributed by atoms with Crippen molar-refractivity contribution in [3.63, 3.8) is 0 Å². The molecule has 0 N–H and O–H groups in total. The maximum atomic E-state index is 4.09. The summed E-state index contributed by atoms with van der Waals surface area (Å²) in [7, 11) is 0. The Balaban J connectivity index is 2.74. The van der Waals surface area contributed by atoms with E-state index < -0.39 is 0 Å². The van der Waals surface area contributed by atoms with Gasteiger partial charge in [0.15, 0.2) is 0 Å². The van der Waals surface area contributed by atoms with Crippen molar-refractivity contribution in [2.24, 2.45) is 0 Å². The Morgan fingerprint density at radius 2 is 2.08 bits per heavy atom. The molecule has 12 heavy (non-hydrogen) atoms. The zero-order valence-corrected chi connectivity index (χ0v) is 9.13. The van der Waals surface area contributed by atoms with Crippen LogP contribution in [0.2, 0.25) is 0 Å². The Morgan fingerprint density at radius 1 is 1.33 bits per heavy atom. The third-order valence-corrected chi connectivity index (χ3v) is 2.53. The van der Waals surface area contributed by atoms with Crippen molar-refractivity contribution in [3.05, 3.63) is 10.3 Å². The van der Waals surface area contributed by atoms with Gasteiger partial charge < -0.3 is 0 Å². The van der Waals surface area contributed by atoms with Gasteiger partial charge in [-0.05, 0) is 28.8 Å². The van der Waals surface area contributed by atoms with Gasteiger partial charge in [0, 0.05) is 6.54 Å². The minimum absolute atomic E-state index is 0.942. The molecule has 0 atom stereocenters. The second kappa shape index (κ2) is 4.60. The summed E-state index contributed by atoms with van der Waals surface area (Å²) in [5, 5.41) is 8.13. The molecule has 0 aliphatic heterocycles. The molecule has 0 aliphatic carbocycles. The van der Waals surface area contributed by atoms with Crippen molar-refractivity contribution in [2.75, 3.05) is 0 Å². The molecule has 0 spiro atoms. The smallest absolute Gasteiger partial charge is 0.127 e. The van der Waals surface area contributed by atoms with Crippen molar-refractivity contribution >= 4 is 15.9 Å². The molecular weight excluding hydrogens is 218 g/mol. The first-order valence-corrected chi connectivity index (χ1v) is 5.16. The molecule has 1 aromatic rings. The van der Waals surface area contributed by atoms with Crippen LogP contribution in [0.3, 0.4) is 0 Å². The molecule has 1 rings (SSSR count). The first kappa shape index (κ1) is 9.71. The molecule has 0 bridgehead atoms. The van der Waals surface area contributed by atoms with Crippen molar-refractivity contribution in [2.45, 2.75) is 39.7 Å². The van der Waals surface area contributed by atoms with Crippen LogP contribution in [-0.4, -0.2) is 15.0 Å². The van der Waals surface area contributed by atoms with Crippen LogP contribution in [0.15, 0.2) is 4.60 Å². The van der Waals surface area contributed by atoms with Crippen molar-refractivity contribution < 1.29 is 0 Å². The van der Waals surface area contributed by atoms with E-state index in [2.05, 4.69) is 40.1 Å². The van der Waals surface area contributed by atoms with Gasteiger partial charge in [-0.1, -0.05) is 25.5 Å². The van der Waals surface area contributed by atoms with Gasteiger partial charge in [0.2, 0.25) is 0 Å². The van der Waals surface area contributed by atoms with Gasteiger partial charge in [-0.3, -0.25) is 0 Å². The summed E-state index contributed by atoms with van der Waals surface area (Å²) < 4.78 is 2.96. The van der Waals surface area contributed by atoms with E-state index in [0.717, 1.165) is 36.1 Å². The average Bonchev–Trinajstić information content (AvgIpc) is 2.38. The fourth-order valence-electron chi connectivity index (χ4n) is 1.08. The van der Waals surface area contributed by atoms with Crippen molar-refractivity contribution in [1.82, 2.24) is 15.0 Å². The summed E-state index contributed by atoms with van der Waals surface area (Å²) in [6.45, 7) is 5.22. The van der Waals surface area contributed by atoms with Crippen LogP contribution >= 0.6 is 15.9 Å². The molecular formula is C8H14BrN3. The van der Waals surface area contributed by atoms with Gasteiger partial charge in [0.25, 0.3) is 0 Å². The summed E-state index contributed by atoms with van der Waals surface area (Å²) in [6, 6.07) is 0. The van der Waals surface area contributed by atoms with Gasteiger partial charge in [0.05, 0.1) is 5.69 Å². The van der Waals surface area contributed by atoms with E-state index in [1.165, 1.54) is 0 Å². The van der Waals surface area contributed by atoms with E-state index in [9.17, 15) is 0 Å². The van der Waals surface area contributed by atoms with E-state index in [1.54, 1.807) is 0 Å². The molecule has 1 aromatic heterocycles. The molecule has 1 heterocycles. The van der Waals surface area contributed by atoms with Crippen LogP contribution in [0.25, 0.3) is 0 Å². The van der Waals surface area contributed by atoms with Crippen LogP contribution in [0.1, 0.15) is 32.4 Å². The van der Waals surface area contributed by atoms with E-state index in [1.807, 2.05) is 4.68 Å². The zero-order chi connectivity index (χ0) is 8.97. The number of nitrogens with zero attached hydrogens (tertiary/aromatic N) is 3. The Hall–Kier alpha value is -0.380. The molecule has 3 nitrogen and oxygen atoms in total. The Kier molecular flexibility index (Phi) is 3.72. The molecule has 0 aromatic carbocycles. The van der Waals surface area contributed by atoms with Crippen molar-refractivity contribution in [1.29, 1.82) is 0 Å². The number of rotatable bonds is 4. The number of aryl methyl sites for hydroxylation is 2. The summed E-state index contributed by atoms with van der Waals surface area (Å²) >= 11 is 3.49. The van der Waals surface area contributed by atoms with Crippen LogP contribution in [-0.2, 0) is 13.0 Å². The third-order valence-electron chi connectivity index (χ3n) is 1.66. The lowest BCUT2D eigenvalue weighted by Gasteiger charge is -1.97. The molecule has 0 saturated carbocycles. The van der Waals surface area contributed by atoms with E-state index in [0.29, 0.717) is 0 Å². The molecule has 0 saturated heterocycles. The average molecular weight is 232 g/mol. The standard InChI is InChI=1S/C8H14BrN3/c1-3-5-7-8(9)12(6-4-2)11-10-7/h3-6H2,1-2H3. The summed E-state index contributed by atoms with van der Waals surface area (Å²) in [6.07, 6.45) is 3.21. The number of aromatic nitrogens is 3. The van der Waals surface area contributed by atoms with E-state index in [-0.39, 0.29) is 0 Å². The van der Waals surface area contributed by atoms with Gasteiger partial charge in [0.1, 0.15) is 4.60 Å². The van der Waals surface area contributed by atoms with Crippen LogP contribution in [0, 0.1) is 0 Å². The largest absolute Gasteiger partial charge is 0.238 e. The second-order valence-corrected chi connectivity index (χ2v) is 3.55. The monoisotopic (exact) mass is 231 g/mol. The maximum Gasteiger partial charge on any atom is 0.127 e. The number of hydrogen-bond acceptors (Lipinski definition) is 2. The van der Waals surface area contributed by atoms with Crippen LogP contribution in [0.4, 0.5) is 0 Å². The zero-order valence-electron chi connectivity index (χ0n) is 7.55.